The van der Waals surface area contributed by atoms with E-state index in [0.717, 1.165) is 36.4 Å². The summed E-state index contributed by atoms with van der Waals surface area (Å²) in [6, 6.07) is 5.70. The molecule has 36 heavy (non-hydrogen) atoms. The first kappa shape index (κ1) is 25.3. The maximum absolute atomic E-state index is 14.9. The maximum atomic E-state index is 14.9. The predicted molar refractivity (Wildman–Crippen MR) is 118 cm³/mol. The number of carbonyl (C=O) groups is 2. The number of anilines is 1. The van der Waals surface area contributed by atoms with Crippen molar-refractivity contribution in [3.05, 3.63) is 64.7 Å². The van der Waals surface area contributed by atoms with Crippen molar-refractivity contribution < 1.29 is 41.0 Å². The molecular formula is C24H20F5N3O4. The number of rotatable bonds is 4. The Labute approximate surface area is 202 Å². The van der Waals surface area contributed by atoms with Gasteiger partial charge in [0.2, 0.25) is 0 Å². The van der Waals surface area contributed by atoms with Gasteiger partial charge in [-0.2, -0.15) is 18.2 Å². The van der Waals surface area contributed by atoms with E-state index >= 15 is 0 Å². The van der Waals surface area contributed by atoms with Crippen LogP contribution in [-0.4, -0.2) is 35.4 Å². The molecule has 2 aromatic carbocycles. The summed E-state index contributed by atoms with van der Waals surface area (Å²) in [5.41, 5.74) is -3.59. The molecule has 12 heteroatoms. The number of esters is 2. The Kier molecular flexibility index (Phi) is 6.54. The fraction of sp³-hybridized carbons (Fsp3) is 0.333. The van der Waals surface area contributed by atoms with Crippen LogP contribution >= 0.6 is 0 Å². The Balaban J connectivity index is 2.00. The van der Waals surface area contributed by atoms with Crippen molar-refractivity contribution >= 4 is 29.2 Å². The summed E-state index contributed by atoms with van der Waals surface area (Å²) in [6.07, 6.45) is -6.67. The molecule has 0 aromatic heterocycles. The minimum absolute atomic E-state index is 0.0143. The standard InChI is InChI=1S/C24H20F5N3O4/c1-3-23(4-2)21(31-22-35-17(33)11-18(34)36-22)30-16-9-8-12(24(27,28)29)10-13(16)20(32-23)19-14(25)6-5-7-15(19)26/h5-10,22H,3-4,11H2,1-2H3,(H,30,31). The van der Waals surface area contributed by atoms with Crippen LogP contribution in [0, 0.1) is 11.6 Å². The van der Waals surface area contributed by atoms with Gasteiger partial charge in [-0.3, -0.25) is 14.6 Å². The Morgan fingerprint density at radius 2 is 1.67 bits per heavy atom. The highest BCUT2D eigenvalue weighted by Crippen LogP contribution is 2.38. The molecule has 0 aliphatic carbocycles. The molecule has 2 aliphatic rings. The van der Waals surface area contributed by atoms with E-state index in [2.05, 4.69) is 15.3 Å². The van der Waals surface area contributed by atoms with Crippen LogP contribution in [0.1, 0.15) is 49.8 Å². The number of benzene rings is 2. The van der Waals surface area contributed by atoms with Gasteiger partial charge in [0.25, 0.3) is 0 Å². The zero-order valence-corrected chi connectivity index (χ0v) is 19.1. The van der Waals surface area contributed by atoms with Gasteiger partial charge in [0, 0.05) is 11.3 Å². The summed E-state index contributed by atoms with van der Waals surface area (Å²) in [7, 11) is 0. The summed E-state index contributed by atoms with van der Waals surface area (Å²) < 4.78 is 80.4. The number of benzodiazepines with no additional fused rings is 1. The van der Waals surface area contributed by atoms with Gasteiger partial charge >= 0.3 is 24.5 Å². The second-order valence-corrected chi connectivity index (χ2v) is 8.12. The Morgan fingerprint density at radius 1 is 1.06 bits per heavy atom. The topological polar surface area (TPSA) is 89.4 Å². The zero-order chi connectivity index (χ0) is 26.3. The van der Waals surface area contributed by atoms with Gasteiger partial charge in [-0.15, -0.1) is 0 Å². The molecule has 2 heterocycles. The first-order chi connectivity index (χ1) is 17.0. The molecule has 0 amide bonds. The van der Waals surface area contributed by atoms with Crippen molar-refractivity contribution in [2.45, 2.75) is 51.2 Å². The van der Waals surface area contributed by atoms with Crippen molar-refractivity contribution in [2.24, 2.45) is 9.98 Å². The van der Waals surface area contributed by atoms with Crippen molar-refractivity contribution in [1.82, 2.24) is 0 Å². The van der Waals surface area contributed by atoms with Crippen LogP contribution in [0.3, 0.4) is 0 Å². The van der Waals surface area contributed by atoms with Gasteiger partial charge in [0.05, 0.1) is 16.8 Å². The second kappa shape index (κ2) is 9.32. The Morgan fingerprint density at radius 3 is 2.22 bits per heavy atom. The van der Waals surface area contributed by atoms with E-state index in [4.69, 9.17) is 9.47 Å². The summed E-state index contributed by atoms with van der Waals surface area (Å²) in [6.45, 7) is 3.38. The van der Waals surface area contributed by atoms with E-state index in [9.17, 15) is 31.5 Å². The highest BCUT2D eigenvalue weighted by Gasteiger charge is 2.40. The van der Waals surface area contributed by atoms with Crippen LogP contribution in [0.2, 0.25) is 0 Å². The molecule has 4 rings (SSSR count). The maximum Gasteiger partial charge on any atom is 0.416 e. The van der Waals surface area contributed by atoms with Gasteiger partial charge < -0.3 is 14.8 Å². The van der Waals surface area contributed by atoms with Crippen LogP contribution in [0.15, 0.2) is 46.4 Å². The molecule has 7 nitrogen and oxygen atoms in total. The highest BCUT2D eigenvalue weighted by molar-refractivity contribution is 6.21. The first-order valence-electron chi connectivity index (χ1n) is 11.0. The molecule has 190 valence electrons. The van der Waals surface area contributed by atoms with Crippen molar-refractivity contribution in [2.75, 3.05) is 5.32 Å². The SMILES string of the molecule is CCC1(CC)N=C(c2c(F)cccc2F)c2cc(C(F)(F)F)ccc2NC1=NC1OC(=O)CC(=O)O1. The number of ether oxygens (including phenoxy) is 2. The first-order valence-corrected chi connectivity index (χ1v) is 11.0. The van der Waals surface area contributed by atoms with Crippen molar-refractivity contribution in [3.8, 4) is 0 Å². The van der Waals surface area contributed by atoms with Crippen LogP contribution in [0.25, 0.3) is 0 Å². The molecule has 0 bridgehead atoms. The summed E-state index contributed by atoms with van der Waals surface area (Å²) in [4.78, 5) is 32.2. The Bertz CT molecular complexity index is 1250. The van der Waals surface area contributed by atoms with Crippen molar-refractivity contribution in [1.29, 1.82) is 0 Å². The number of hydrogen-bond acceptors (Lipinski definition) is 6. The lowest BCUT2D eigenvalue weighted by molar-refractivity contribution is -0.201. The molecular weight excluding hydrogens is 489 g/mol. The molecule has 1 fully saturated rings. The summed E-state index contributed by atoms with van der Waals surface area (Å²) >= 11 is 0. The molecule has 2 aromatic rings. The minimum atomic E-state index is -4.74. The van der Waals surface area contributed by atoms with Crippen molar-refractivity contribution in [3.63, 3.8) is 0 Å². The van der Waals surface area contributed by atoms with Gasteiger partial charge in [0.1, 0.15) is 29.4 Å². The molecule has 0 atom stereocenters. The molecule has 0 radical (unpaired) electrons. The third kappa shape index (κ3) is 4.67. The lowest BCUT2D eigenvalue weighted by atomic mass is 9.91. The van der Waals surface area contributed by atoms with E-state index in [1.165, 1.54) is 0 Å². The largest absolute Gasteiger partial charge is 0.416 e. The zero-order valence-electron chi connectivity index (χ0n) is 19.1. The minimum Gasteiger partial charge on any atom is -0.404 e. The van der Waals surface area contributed by atoms with Crippen LogP contribution in [0.5, 0.6) is 0 Å². The van der Waals surface area contributed by atoms with E-state index in [1.54, 1.807) is 13.8 Å². The highest BCUT2D eigenvalue weighted by atomic mass is 19.4. The molecule has 0 saturated carbocycles. The Hall–Kier alpha value is -3.83. The molecule has 1 N–H and O–H groups in total. The number of nitrogens with one attached hydrogen (secondary N) is 1. The number of hydrogen-bond donors (Lipinski definition) is 1. The number of amidine groups is 1. The normalized spacial score (nSPS) is 19.1. The number of nitrogens with zero attached hydrogens (tertiary/aromatic N) is 2. The lowest BCUT2D eigenvalue weighted by Gasteiger charge is -2.30. The van der Waals surface area contributed by atoms with Crippen LogP contribution in [0.4, 0.5) is 27.6 Å². The van der Waals surface area contributed by atoms with E-state index in [0.29, 0.717) is 0 Å². The average Bonchev–Trinajstić information content (AvgIpc) is 2.92. The van der Waals surface area contributed by atoms with Crippen LogP contribution < -0.4 is 5.32 Å². The molecule has 0 unspecified atom stereocenters. The number of halogens is 5. The number of aliphatic imine (C=N–C) groups is 2. The monoisotopic (exact) mass is 509 g/mol. The smallest absolute Gasteiger partial charge is 0.404 e. The van der Waals surface area contributed by atoms with E-state index in [-0.39, 0.29) is 35.6 Å². The van der Waals surface area contributed by atoms with E-state index in [1.807, 2.05) is 0 Å². The third-order valence-corrected chi connectivity index (χ3v) is 5.98. The fourth-order valence-electron chi connectivity index (χ4n) is 4.01. The number of fused-ring (bicyclic) bond motifs is 1. The van der Waals surface area contributed by atoms with Crippen LogP contribution in [-0.2, 0) is 25.2 Å². The molecule has 0 spiro atoms. The average molecular weight is 509 g/mol. The molecule has 1 saturated heterocycles. The predicted octanol–water partition coefficient (Wildman–Crippen LogP) is 4.98. The fourth-order valence-corrected chi connectivity index (χ4v) is 4.01. The number of alkyl halides is 3. The van der Waals surface area contributed by atoms with E-state index < -0.39 is 59.2 Å². The second-order valence-electron chi connectivity index (χ2n) is 8.12. The number of cyclic esters (lactones) is 2. The van der Waals surface area contributed by atoms with Gasteiger partial charge in [-0.1, -0.05) is 19.9 Å². The van der Waals surface area contributed by atoms with Gasteiger partial charge in [-0.25, -0.2) is 8.78 Å². The lowest BCUT2D eigenvalue weighted by Crippen LogP contribution is -2.42. The number of carbonyl (C=O) groups excluding carboxylic acids is 2. The third-order valence-electron chi connectivity index (χ3n) is 5.98. The van der Waals surface area contributed by atoms with Gasteiger partial charge in [-0.05, 0) is 43.2 Å². The summed E-state index contributed by atoms with van der Waals surface area (Å²) in [5, 5.41) is 2.89. The quantitative estimate of drug-likeness (QED) is 0.357. The summed E-state index contributed by atoms with van der Waals surface area (Å²) in [5.74, 6) is -3.81. The van der Waals surface area contributed by atoms with Gasteiger partial charge in [0.15, 0.2) is 0 Å². The molecule has 2 aliphatic heterocycles.